The third-order valence-corrected chi connectivity index (χ3v) is 13.9. The molecule has 0 aromatic carbocycles. The van der Waals surface area contributed by atoms with Crippen molar-refractivity contribution < 1.29 is 28.6 Å². The summed E-state index contributed by atoms with van der Waals surface area (Å²) in [5, 5.41) is 0. The molecule has 0 aliphatic heterocycles. The summed E-state index contributed by atoms with van der Waals surface area (Å²) in [7, 11) is 0. The quantitative estimate of drug-likeness (QED) is 0.0261. The molecule has 6 nitrogen and oxygen atoms in total. The average molecular weight is 1030 g/mol. The van der Waals surface area contributed by atoms with Crippen molar-refractivity contribution in [2.24, 2.45) is 0 Å². The smallest absolute Gasteiger partial charge is 0.306 e. The van der Waals surface area contributed by atoms with Gasteiger partial charge in [-0.2, -0.15) is 0 Å². The SMILES string of the molecule is CC/C=C\C/C=C\C/C=C\C/C=C\CCCCCCC(=O)OCC(COC(=O)CCCCCCCCCCCCCCCCCCCCCCC)OC(=O)CCCCCCCCC/C=C\C/C=C\CCCCCC. The van der Waals surface area contributed by atoms with Crippen LogP contribution in [0.15, 0.2) is 72.9 Å². The highest BCUT2D eigenvalue weighted by molar-refractivity contribution is 5.71. The topological polar surface area (TPSA) is 78.9 Å². The van der Waals surface area contributed by atoms with E-state index in [2.05, 4.69) is 93.7 Å². The number of hydrogen-bond acceptors (Lipinski definition) is 6. The molecule has 0 saturated heterocycles. The van der Waals surface area contributed by atoms with E-state index in [0.29, 0.717) is 19.3 Å². The Morgan fingerprint density at radius 2 is 0.527 bits per heavy atom. The Balaban J connectivity index is 4.38. The molecular weight excluding hydrogens is 913 g/mol. The maximum Gasteiger partial charge on any atom is 0.306 e. The largest absolute Gasteiger partial charge is 0.462 e. The van der Waals surface area contributed by atoms with Gasteiger partial charge in [0.15, 0.2) is 6.10 Å². The number of rotatable bonds is 58. The first-order valence-electron chi connectivity index (χ1n) is 31.9. The molecule has 74 heavy (non-hydrogen) atoms. The number of unbranched alkanes of at least 4 members (excludes halogenated alkanes) is 35. The summed E-state index contributed by atoms with van der Waals surface area (Å²) in [6.45, 7) is 6.53. The third kappa shape index (κ3) is 59.7. The average Bonchev–Trinajstić information content (AvgIpc) is 3.40. The van der Waals surface area contributed by atoms with Crippen molar-refractivity contribution in [1.82, 2.24) is 0 Å². The van der Waals surface area contributed by atoms with Crippen molar-refractivity contribution in [3.8, 4) is 0 Å². The van der Waals surface area contributed by atoms with Crippen LogP contribution in [0.25, 0.3) is 0 Å². The zero-order chi connectivity index (χ0) is 53.6. The van der Waals surface area contributed by atoms with Crippen molar-refractivity contribution in [2.75, 3.05) is 13.2 Å². The molecule has 6 heteroatoms. The predicted octanol–water partition coefficient (Wildman–Crippen LogP) is 21.7. The predicted molar refractivity (Wildman–Crippen MR) is 321 cm³/mol. The van der Waals surface area contributed by atoms with E-state index in [0.717, 1.165) is 109 Å². The molecule has 0 spiro atoms. The van der Waals surface area contributed by atoms with Crippen molar-refractivity contribution in [3.63, 3.8) is 0 Å². The molecule has 0 aromatic rings. The van der Waals surface area contributed by atoms with Crippen LogP contribution >= 0.6 is 0 Å². The number of allylic oxidation sites excluding steroid dienone is 12. The van der Waals surface area contributed by atoms with Gasteiger partial charge in [0.25, 0.3) is 0 Å². The van der Waals surface area contributed by atoms with Crippen molar-refractivity contribution >= 4 is 17.9 Å². The molecule has 0 fully saturated rings. The van der Waals surface area contributed by atoms with E-state index in [1.54, 1.807) is 0 Å². The molecule has 0 saturated carbocycles. The van der Waals surface area contributed by atoms with Crippen molar-refractivity contribution in [3.05, 3.63) is 72.9 Å². The second kappa shape index (κ2) is 62.4. The number of esters is 3. The summed E-state index contributed by atoms with van der Waals surface area (Å²) >= 11 is 0. The molecule has 0 aliphatic rings. The van der Waals surface area contributed by atoms with Crippen LogP contribution in [-0.2, 0) is 28.6 Å². The van der Waals surface area contributed by atoms with Gasteiger partial charge in [0.05, 0.1) is 0 Å². The Morgan fingerprint density at radius 3 is 0.838 bits per heavy atom. The van der Waals surface area contributed by atoms with Gasteiger partial charge in [0.1, 0.15) is 13.2 Å². The van der Waals surface area contributed by atoms with Gasteiger partial charge in [0, 0.05) is 19.3 Å². The second-order valence-corrected chi connectivity index (χ2v) is 21.3. The van der Waals surface area contributed by atoms with E-state index in [-0.39, 0.29) is 31.1 Å². The van der Waals surface area contributed by atoms with E-state index in [4.69, 9.17) is 14.2 Å². The van der Waals surface area contributed by atoms with Crippen molar-refractivity contribution in [1.29, 1.82) is 0 Å². The van der Waals surface area contributed by atoms with Gasteiger partial charge in [0.2, 0.25) is 0 Å². The third-order valence-electron chi connectivity index (χ3n) is 13.9. The van der Waals surface area contributed by atoms with Crippen LogP contribution in [0.5, 0.6) is 0 Å². The zero-order valence-electron chi connectivity index (χ0n) is 49.1. The molecule has 1 unspecified atom stereocenters. The van der Waals surface area contributed by atoms with E-state index in [9.17, 15) is 14.4 Å². The lowest BCUT2D eigenvalue weighted by Gasteiger charge is -2.18. The monoisotopic (exact) mass is 1030 g/mol. The molecule has 0 amide bonds. The molecule has 0 aromatic heterocycles. The van der Waals surface area contributed by atoms with E-state index < -0.39 is 6.10 Å². The molecule has 0 rings (SSSR count). The van der Waals surface area contributed by atoms with Crippen LogP contribution in [-0.4, -0.2) is 37.2 Å². The normalized spacial score (nSPS) is 12.5. The Kier molecular flexibility index (Phi) is 59.7. The highest BCUT2D eigenvalue weighted by Crippen LogP contribution is 2.17. The van der Waals surface area contributed by atoms with Crippen LogP contribution in [0.3, 0.4) is 0 Å². The Bertz CT molecular complexity index is 1370. The van der Waals surface area contributed by atoms with E-state index in [1.807, 2.05) is 0 Å². The van der Waals surface area contributed by atoms with E-state index in [1.165, 1.54) is 173 Å². The molecule has 0 radical (unpaired) electrons. The van der Waals surface area contributed by atoms with Crippen LogP contribution in [0, 0.1) is 0 Å². The molecule has 428 valence electrons. The summed E-state index contributed by atoms with van der Waals surface area (Å²) in [5.41, 5.74) is 0. The Labute approximate surface area is 459 Å². The van der Waals surface area contributed by atoms with Gasteiger partial charge in [-0.1, -0.05) is 286 Å². The van der Waals surface area contributed by atoms with Crippen LogP contribution in [0.4, 0.5) is 0 Å². The van der Waals surface area contributed by atoms with Gasteiger partial charge in [-0.05, 0) is 89.9 Å². The lowest BCUT2D eigenvalue weighted by Crippen LogP contribution is -2.30. The number of hydrogen-bond donors (Lipinski definition) is 0. The molecule has 1 atom stereocenters. The summed E-state index contributed by atoms with van der Waals surface area (Å²) in [5.74, 6) is -0.900. The number of carbonyl (C=O) groups excluding carboxylic acids is 3. The molecule has 0 N–H and O–H groups in total. The van der Waals surface area contributed by atoms with Gasteiger partial charge in [-0.25, -0.2) is 0 Å². The molecule has 0 bridgehead atoms. The van der Waals surface area contributed by atoms with Gasteiger partial charge in [-0.3, -0.25) is 14.4 Å². The fraction of sp³-hybridized carbons (Fsp3) is 0.779. The van der Waals surface area contributed by atoms with E-state index >= 15 is 0 Å². The fourth-order valence-electron chi connectivity index (χ4n) is 9.17. The first kappa shape index (κ1) is 70.8. The summed E-state index contributed by atoms with van der Waals surface area (Å²) in [4.78, 5) is 38.3. The Morgan fingerprint density at radius 1 is 0.284 bits per heavy atom. The highest BCUT2D eigenvalue weighted by Gasteiger charge is 2.19. The number of ether oxygens (including phenoxy) is 3. The van der Waals surface area contributed by atoms with Crippen LogP contribution in [0.2, 0.25) is 0 Å². The van der Waals surface area contributed by atoms with Gasteiger partial charge < -0.3 is 14.2 Å². The maximum absolute atomic E-state index is 12.9. The molecular formula is C68H120O6. The summed E-state index contributed by atoms with van der Waals surface area (Å²) < 4.78 is 16.9. The minimum atomic E-state index is -0.790. The first-order chi connectivity index (χ1) is 36.5. The molecule has 0 heterocycles. The highest BCUT2D eigenvalue weighted by atomic mass is 16.6. The lowest BCUT2D eigenvalue weighted by molar-refractivity contribution is -0.167. The number of carbonyl (C=O) groups is 3. The minimum Gasteiger partial charge on any atom is -0.462 e. The maximum atomic E-state index is 12.9. The Hall–Kier alpha value is -3.15. The van der Waals surface area contributed by atoms with Crippen LogP contribution < -0.4 is 0 Å². The second-order valence-electron chi connectivity index (χ2n) is 21.3. The van der Waals surface area contributed by atoms with Gasteiger partial charge >= 0.3 is 17.9 Å². The summed E-state index contributed by atoms with van der Waals surface area (Å²) in [6, 6.07) is 0. The van der Waals surface area contributed by atoms with Gasteiger partial charge in [-0.15, -0.1) is 0 Å². The first-order valence-corrected chi connectivity index (χ1v) is 31.9. The van der Waals surface area contributed by atoms with Crippen molar-refractivity contribution in [2.45, 2.75) is 329 Å². The summed E-state index contributed by atoms with van der Waals surface area (Å²) in [6.07, 6.45) is 80.5. The molecule has 0 aliphatic carbocycles. The zero-order valence-corrected chi connectivity index (χ0v) is 49.1. The fourth-order valence-corrected chi connectivity index (χ4v) is 9.17. The van der Waals surface area contributed by atoms with Crippen LogP contribution in [0.1, 0.15) is 323 Å². The lowest BCUT2D eigenvalue weighted by atomic mass is 10.0. The minimum absolute atomic E-state index is 0.0839. The standard InChI is InChI=1S/C68H120O6/c1-4-7-10-13-16-19-22-25-28-31-33-34-35-38-40-43-46-49-52-55-58-61-67(70)73-64-65(63-72-66(69)60-57-54-51-48-45-42-39-36-30-27-24-21-18-15-12-9-6-3)74-68(71)62-59-56-53-50-47-44-41-37-32-29-26-23-20-17-14-11-8-5-2/h9,12,18,20-21,23,27,29-30,32,39,42,65H,4-8,10-11,13-17,19,22,24-26,28,31,33-38,40-41,43-64H2,1-3H3/b12-9-,21-18-,23-20-,30-27-,32-29-,42-39-.